The number of carbonyl (C=O) groups excluding carboxylic acids is 2. The van der Waals surface area contributed by atoms with Crippen LogP contribution in [0.25, 0.3) is 0 Å². The molecule has 0 saturated carbocycles. The number of hydrogen-bond acceptors (Lipinski definition) is 3. The molecule has 1 amide bonds. The normalized spacial score (nSPS) is 13.1. The maximum absolute atomic E-state index is 12.0. The van der Waals surface area contributed by atoms with Gasteiger partial charge in [-0.25, -0.2) is 4.79 Å². The Morgan fingerprint density at radius 3 is 1.59 bits per heavy atom. The molecule has 4 nitrogen and oxygen atoms in total. The molecule has 0 aromatic rings. The van der Waals surface area contributed by atoms with E-state index >= 15 is 0 Å². The number of unbranched alkanes of at least 4 members (excludes halogenated alkanes) is 11. The van der Waals surface area contributed by atoms with Crippen LogP contribution < -0.4 is 5.73 Å². The summed E-state index contributed by atoms with van der Waals surface area (Å²) >= 11 is 0. The van der Waals surface area contributed by atoms with Gasteiger partial charge in [0, 0.05) is 5.57 Å². The van der Waals surface area contributed by atoms with Crippen molar-refractivity contribution in [1.29, 1.82) is 0 Å². The first-order valence-electron chi connectivity index (χ1n) is 11.1. The van der Waals surface area contributed by atoms with E-state index in [1.807, 2.05) is 6.92 Å². The van der Waals surface area contributed by atoms with Gasteiger partial charge in [0.25, 0.3) is 5.91 Å². The Labute approximate surface area is 167 Å². The number of rotatable bonds is 18. The molecule has 0 rings (SSSR count). The standard InChI is InChI=1S/C23H43NO3/c1-5-7-8-9-10-11-12-13-14-15-16-17-19-23(18-6-2,22(24)26)27-21(25)20(3)4/h3,5-19H2,1-2,4H3,(H2,24,26). The average molecular weight is 382 g/mol. The Kier molecular flexibility index (Phi) is 14.9. The fourth-order valence-corrected chi connectivity index (χ4v) is 3.44. The first kappa shape index (κ1) is 25.7. The van der Waals surface area contributed by atoms with Crippen LogP contribution in [0, 0.1) is 0 Å². The summed E-state index contributed by atoms with van der Waals surface area (Å²) in [6.07, 6.45) is 16.8. The second-order valence-corrected chi connectivity index (χ2v) is 7.92. The van der Waals surface area contributed by atoms with Gasteiger partial charge < -0.3 is 10.5 Å². The van der Waals surface area contributed by atoms with Gasteiger partial charge >= 0.3 is 5.97 Å². The second-order valence-electron chi connectivity index (χ2n) is 7.92. The van der Waals surface area contributed by atoms with E-state index in [-0.39, 0.29) is 0 Å². The van der Waals surface area contributed by atoms with E-state index in [9.17, 15) is 9.59 Å². The summed E-state index contributed by atoms with van der Waals surface area (Å²) < 4.78 is 5.49. The quantitative estimate of drug-likeness (QED) is 0.174. The second kappa shape index (κ2) is 15.7. The lowest BCUT2D eigenvalue weighted by atomic mass is 9.89. The van der Waals surface area contributed by atoms with E-state index in [4.69, 9.17) is 10.5 Å². The monoisotopic (exact) mass is 381 g/mol. The number of primary amides is 1. The van der Waals surface area contributed by atoms with E-state index in [0.717, 1.165) is 25.7 Å². The number of esters is 1. The minimum absolute atomic E-state index is 0.298. The van der Waals surface area contributed by atoms with Gasteiger partial charge in [-0.2, -0.15) is 0 Å². The van der Waals surface area contributed by atoms with Crippen molar-refractivity contribution in [2.24, 2.45) is 5.73 Å². The minimum Gasteiger partial charge on any atom is -0.446 e. The summed E-state index contributed by atoms with van der Waals surface area (Å²) in [5, 5.41) is 0. The molecule has 0 aliphatic rings. The van der Waals surface area contributed by atoms with Crippen LogP contribution in [0.5, 0.6) is 0 Å². The van der Waals surface area contributed by atoms with Crippen molar-refractivity contribution in [3.05, 3.63) is 12.2 Å². The molecule has 2 N–H and O–H groups in total. The fraction of sp³-hybridized carbons (Fsp3) is 0.826. The van der Waals surface area contributed by atoms with Gasteiger partial charge in [-0.1, -0.05) is 97.5 Å². The van der Waals surface area contributed by atoms with Gasteiger partial charge in [-0.05, 0) is 26.2 Å². The van der Waals surface area contributed by atoms with Crippen LogP contribution in [-0.4, -0.2) is 17.5 Å². The maximum Gasteiger partial charge on any atom is 0.334 e. The third-order valence-electron chi connectivity index (χ3n) is 5.17. The molecule has 0 aliphatic heterocycles. The summed E-state index contributed by atoms with van der Waals surface area (Å²) in [6, 6.07) is 0. The van der Waals surface area contributed by atoms with Crippen molar-refractivity contribution in [2.45, 2.75) is 123 Å². The highest BCUT2D eigenvalue weighted by Crippen LogP contribution is 2.27. The lowest BCUT2D eigenvalue weighted by molar-refractivity contribution is -0.165. The predicted molar refractivity (Wildman–Crippen MR) is 113 cm³/mol. The van der Waals surface area contributed by atoms with Gasteiger partial charge in [0.1, 0.15) is 0 Å². The van der Waals surface area contributed by atoms with Crippen molar-refractivity contribution in [2.75, 3.05) is 0 Å². The molecule has 0 radical (unpaired) electrons. The van der Waals surface area contributed by atoms with E-state index in [2.05, 4.69) is 13.5 Å². The average Bonchev–Trinajstić information content (AvgIpc) is 2.62. The first-order chi connectivity index (χ1) is 12.9. The van der Waals surface area contributed by atoms with Crippen LogP contribution in [0.2, 0.25) is 0 Å². The number of carbonyl (C=O) groups is 2. The van der Waals surface area contributed by atoms with Crippen molar-refractivity contribution in [1.82, 2.24) is 0 Å². The number of nitrogens with two attached hydrogens (primary N) is 1. The van der Waals surface area contributed by atoms with Gasteiger partial charge in [-0.15, -0.1) is 0 Å². The SMILES string of the molecule is C=C(C)C(=O)OC(CCC)(CCCCCCCCCCCCCC)C(N)=O. The molecule has 0 heterocycles. The van der Waals surface area contributed by atoms with E-state index in [0.29, 0.717) is 18.4 Å². The van der Waals surface area contributed by atoms with Crippen LogP contribution in [0.4, 0.5) is 0 Å². The van der Waals surface area contributed by atoms with Gasteiger partial charge in [0.05, 0.1) is 0 Å². The Hall–Kier alpha value is -1.32. The van der Waals surface area contributed by atoms with Gasteiger partial charge in [0.2, 0.25) is 0 Å². The molecule has 0 aromatic heterocycles. The number of ether oxygens (including phenoxy) is 1. The fourth-order valence-electron chi connectivity index (χ4n) is 3.44. The molecule has 4 heteroatoms. The van der Waals surface area contributed by atoms with Gasteiger partial charge in [0.15, 0.2) is 5.60 Å². The topological polar surface area (TPSA) is 69.4 Å². The Morgan fingerprint density at radius 2 is 1.22 bits per heavy atom. The highest BCUT2D eigenvalue weighted by molar-refractivity contribution is 5.92. The smallest absolute Gasteiger partial charge is 0.334 e. The van der Waals surface area contributed by atoms with Crippen molar-refractivity contribution >= 4 is 11.9 Å². The highest BCUT2D eigenvalue weighted by atomic mass is 16.6. The lowest BCUT2D eigenvalue weighted by Crippen LogP contribution is -2.47. The molecule has 158 valence electrons. The van der Waals surface area contributed by atoms with Crippen LogP contribution in [0.15, 0.2) is 12.2 Å². The lowest BCUT2D eigenvalue weighted by Gasteiger charge is -2.30. The van der Waals surface area contributed by atoms with E-state index < -0.39 is 17.5 Å². The zero-order chi connectivity index (χ0) is 20.5. The van der Waals surface area contributed by atoms with Crippen molar-refractivity contribution < 1.29 is 14.3 Å². The van der Waals surface area contributed by atoms with Crippen LogP contribution >= 0.6 is 0 Å². The first-order valence-corrected chi connectivity index (χ1v) is 11.1. The molecular formula is C23H43NO3. The van der Waals surface area contributed by atoms with Crippen LogP contribution in [0.3, 0.4) is 0 Å². The van der Waals surface area contributed by atoms with E-state index in [1.54, 1.807) is 6.92 Å². The molecule has 0 spiro atoms. The number of hydrogen-bond donors (Lipinski definition) is 1. The predicted octanol–water partition coefficient (Wildman–Crippen LogP) is 6.22. The third-order valence-corrected chi connectivity index (χ3v) is 5.17. The molecule has 1 unspecified atom stereocenters. The molecule has 27 heavy (non-hydrogen) atoms. The molecular weight excluding hydrogens is 338 g/mol. The third kappa shape index (κ3) is 11.9. The molecule has 1 atom stereocenters. The van der Waals surface area contributed by atoms with Crippen molar-refractivity contribution in [3.8, 4) is 0 Å². The molecule has 0 aromatic carbocycles. The van der Waals surface area contributed by atoms with Crippen molar-refractivity contribution in [3.63, 3.8) is 0 Å². The largest absolute Gasteiger partial charge is 0.446 e. The number of amides is 1. The highest BCUT2D eigenvalue weighted by Gasteiger charge is 2.39. The van der Waals surface area contributed by atoms with Gasteiger partial charge in [-0.3, -0.25) is 4.79 Å². The Bertz CT molecular complexity index is 433. The zero-order valence-electron chi connectivity index (χ0n) is 18.1. The zero-order valence-corrected chi connectivity index (χ0v) is 18.1. The Morgan fingerprint density at radius 1 is 0.778 bits per heavy atom. The summed E-state index contributed by atoms with van der Waals surface area (Å²) in [6.45, 7) is 9.40. The Balaban J connectivity index is 4.04. The maximum atomic E-state index is 12.0. The molecule has 0 aliphatic carbocycles. The van der Waals surface area contributed by atoms with E-state index in [1.165, 1.54) is 57.8 Å². The summed E-state index contributed by atoms with van der Waals surface area (Å²) in [5.74, 6) is -1.07. The summed E-state index contributed by atoms with van der Waals surface area (Å²) in [5.41, 5.74) is 4.72. The molecule has 0 fully saturated rings. The summed E-state index contributed by atoms with van der Waals surface area (Å²) in [7, 11) is 0. The molecule has 0 bridgehead atoms. The van der Waals surface area contributed by atoms with Crippen LogP contribution in [0.1, 0.15) is 117 Å². The molecule has 0 saturated heterocycles. The summed E-state index contributed by atoms with van der Waals surface area (Å²) in [4.78, 5) is 23.9. The van der Waals surface area contributed by atoms with Crippen LogP contribution in [-0.2, 0) is 14.3 Å². The minimum atomic E-state index is -1.18.